The van der Waals surface area contributed by atoms with Crippen molar-refractivity contribution in [2.75, 3.05) is 23.1 Å². The van der Waals surface area contributed by atoms with Crippen LogP contribution < -0.4 is 14.9 Å². The molecule has 0 bridgehead atoms. The standard InChI is InChI=1S/C34H39F3N4O4S/c1-3-9-25-22-40-14-15-46(44,45)41(4-2)30-19-26(18-28(25)32(30)40)33(43)39-29(17-23-10-6-5-7-11-23)31(42)21-38-20-24-12-8-13-27(16-24)34(35,36)37/h5-8,10-13,16,18-19,22,29,31,38,42H,3-4,9,14-15,17,20-21H2,1-2H3,(H,39,43)/t29-,31+/m0/s1. The first-order valence-corrected chi connectivity index (χ1v) is 17.1. The first kappa shape index (κ1) is 33.5. The van der Waals surface area contributed by atoms with Gasteiger partial charge in [0.2, 0.25) is 10.0 Å². The summed E-state index contributed by atoms with van der Waals surface area (Å²) < 4.78 is 69.2. The summed E-state index contributed by atoms with van der Waals surface area (Å²) in [6.07, 6.45) is -1.64. The van der Waals surface area contributed by atoms with Crippen LogP contribution in [0.2, 0.25) is 0 Å². The lowest BCUT2D eigenvalue weighted by atomic mass is 9.99. The van der Waals surface area contributed by atoms with Gasteiger partial charge in [-0.1, -0.05) is 61.9 Å². The Hall–Kier alpha value is -3.87. The number of hydrogen-bond acceptors (Lipinski definition) is 5. The van der Waals surface area contributed by atoms with E-state index in [1.54, 1.807) is 25.1 Å². The van der Waals surface area contributed by atoms with Crippen LogP contribution in [-0.4, -0.2) is 55.0 Å². The fourth-order valence-corrected chi connectivity index (χ4v) is 7.54. The number of aliphatic hydroxyl groups excluding tert-OH is 1. The SMILES string of the molecule is CCCc1cn2c3c(cc(C(=O)N[C@@H](Cc4ccccc4)[C@H](O)CNCc4cccc(C(F)(F)F)c4)cc13)N(CC)S(=O)(=O)CC2. The van der Waals surface area contributed by atoms with Gasteiger partial charge in [0.1, 0.15) is 0 Å². The maximum absolute atomic E-state index is 13.9. The quantitative estimate of drug-likeness (QED) is 0.193. The van der Waals surface area contributed by atoms with Crippen molar-refractivity contribution >= 4 is 32.5 Å². The third-order valence-electron chi connectivity index (χ3n) is 8.31. The van der Waals surface area contributed by atoms with Crippen molar-refractivity contribution in [3.63, 3.8) is 0 Å². The molecule has 1 amide bonds. The van der Waals surface area contributed by atoms with E-state index in [9.17, 15) is 31.5 Å². The second-order valence-corrected chi connectivity index (χ2v) is 13.6. The number of halogens is 3. The van der Waals surface area contributed by atoms with E-state index in [1.807, 2.05) is 41.1 Å². The number of hydrogen-bond donors (Lipinski definition) is 3. The number of aromatic nitrogens is 1. The third kappa shape index (κ3) is 7.40. The lowest BCUT2D eigenvalue weighted by Crippen LogP contribution is -2.48. The summed E-state index contributed by atoms with van der Waals surface area (Å²) in [5, 5.41) is 18.1. The molecule has 0 saturated carbocycles. The van der Waals surface area contributed by atoms with Gasteiger partial charge in [-0.2, -0.15) is 13.2 Å². The topological polar surface area (TPSA) is 104 Å². The zero-order valence-corrected chi connectivity index (χ0v) is 26.7. The number of alkyl halides is 3. The summed E-state index contributed by atoms with van der Waals surface area (Å²) in [6.45, 7) is 4.45. The first-order chi connectivity index (χ1) is 21.9. The number of nitrogens with zero attached hydrogens (tertiary/aromatic N) is 2. The molecule has 0 fully saturated rings. The first-order valence-electron chi connectivity index (χ1n) is 15.5. The molecule has 0 aliphatic carbocycles. The number of benzene rings is 3. The van der Waals surface area contributed by atoms with Gasteiger partial charge in [0.25, 0.3) is 5.91 Å². The zero-order chi connectivity index (χ0) is 33.1. The van der Waals surface area contributed by atoms with E-state index in [4.69, 9.17) is 0 Å². The fourth-order valence-electron chi connectivity index (χ4n) is 6.06. The maximum Gasteiger partial charge on any atom is 0.416 e. The number of nitrogens with one attached hydrogen (secondary N) is 2. The second kappa shape index (κ2) is 13.9. The molecule has 12 heteroatoms. The van der Waals surface area contributed by atoms with Crippen LogP contribution in [0.5, 0.6) is 0 Å². The highest BCUT2D eigenvalue weighted by atomic mass is 32.2. The van der Waals surface area contributed by atoms with Crippen LogP contribution in [0.15, 0.2) is 72.9 Å². The highest BCUT2D eigenvalue weighted by Crippen LogP contribution is 2.36. The molecule has 2 atom stereocenters. The van der Waals surface area contributed by atoms with E-state index < -0.39 is 39.8 Å². The molecule has 0 saturated heterocycles. The lowest BCUT2D eigenvalue weighted by molar-refractivity contribution is -0.137. The van der Waals surface area contributed by atoms with Crippen LogP contribution >= 0.6 is 0 Å². The fraction of sp³-hybridized carbons (Fsp3) is 0.382. The molecule has 46 heavy (non-hydrogen) atoms. The van der Waals surface area contributed by atoms with E-state index in [1.165, 1.54) is 10.4 Å². The number of rotatable bonds is 12. The van der Waals surface area contributed by atoms with Crippen LogP contribution in [0.25, 0.3) is 10.9 Å². The molecule has 2 heterocycles. The number of aryl methyl sites for hydroxylation is 2. The van der Waals surface area contributed by atoms with Crippen molar-refractivity contribution in [3.8, 4) is 0 Å². The Morgan fingerprint density at radius 2 is 1.76 bits per heavy atom. The van der Waals surface area contributed by atoms with Crippen molar-refractivity contribution in [1.29, 1.82) is 0 Å². The van der Waals surface area contributed by atoms with Gasteiger partial charge in [-0.05, 0) is 54.7 Å². The van der Waals surface area contributed by atoms with Crippen molar-refractivity contribution < 1.29 is 31.5 Å². The summed E-state index contributed by atoms with van der Waals surface area (Å²) in [5.74, 6) is -0.519. The minimum atomic E-state index is -4.46. The number of sulfonamides is 1. The molecule has 5 rings (SSSR count). The van der Waals surface area contributed by atoms with Gasteiger partial charge in [-0.15, -0.1) is 0 Å². The molecular weight excluding hydrogens is 617 g/mol. The monoisotopic (exact) mass is 656 g/mol. The van der Waals surface area contributed by atoms with Crippen LogP contribution in [0, 0.1) is 0 Å². The number of carbonyl (C=O) groups excluding carboxylic acids is 1. The maximum atomic E-state index is 13.9. The van der Waals surface area contributed by atoms with E-state index >= 15 is 0 Å². The average Bonchev–Trinajstić information content (AvgIpc) is 3.32. The molecule has 8 nitrogen and oxygen atoms in total. The van der Waals surface area contributed by atoms with Crippen molar-refractivity contribution in [2.24, 2.45) is 0 Å². The molecular formula is C34H39F3N4O4S. The lowest BCUT2D eigenvalue weighted by Gasteiger charge is -2.26. The third-order valence-corrected chi connectivity index (χ3v) is 10.1. The molecule has 246 valence electrons. The summed E-state index contributed by atoms with van der Waals surface area (Å²) in [7, 11) is -3.61. The molecule has 0 radical (unpaired) electrons. The molecule has 3 aromatic carbocycles. The zero-order valence-electron chi connectivity index (χ0n) is 25.8. The Labute approximate surface area is 267 Å². The predicted molar refractivity (Wildman–Crippen MR) is 173 cm³/mol. The van der Waals surface area contributed by atoms with Gasteiger partial charge in [-0.25, -0.2) is 8.42 Å². The number of anilines is 1. The Morgan fingerprint density at radius 1 is 1.02 bits per heavy atom. The van der Waals surface area contributed by atoms with Crippen LogP contribution in [0.1, 0.15) is 52.9 Å². The van der Waals surface area contributed by atoms with Gasteiger partial charge in [0, 0.05) is 43.3 Å². The minimum absolute atomic E-state index is 0.00364. The summed E-state index contributed by atoms with van der Waals surface area (Å²) in [6, 6.07) is 16.9. The van der Waals surface area contributed by atoms with Crippen molar-refractivity contribution in [3.05, 3.63) is 101 Å². The summed E-state index contributed by atoms with van der Waals surface area (Å²) in [4.78, 5) is 13.9. The number of aliphatic hydroxyl groups is 1. The van der Waals surface area contributed by atoms with Gasteiger partial charge < -0.3 is 20.3 Å². The highest BCUT2D eigenvalue weighted by Gasteiger charge is 2.32. The Morgan fingerprint density at radius 3 is 2.46 bits per heavy atom. The summed E-state index contributed by atoms with van der Waals surface area (Å²) >= 11 is 0. The highest BCUT2D eigenvalue weighted by molar-refractivity contribution is 7.92. The Balaban J connectivity index is 1.42. The Kier molecular flexibility index (Phi) is 10.1. The van der Waals surface area contributed by atoms with Crippen molar-refractivity contribution in [2.45, 2.75) is 64.5 Å². The second-order valence-electron chi connectivity index (χ2n) is 11.6. The molecule has 1 aliphatic heterocycles. The minimum Gasteiger partial charge on any atom is -0.390 e. The van der Waals surface area contributed by atoms with E-state index in [0.29, 0.717) is 24.2 Å². The van der Waals surface area contributed by atoms with Gasteiger partial charge in [0.15, 0.2) is 0 Å². The van der Waals surface area contributed by atoms with Gasteiger partial charge in [-0.3, -0.25) is 9.10 Å². The van der Waals surface area contributed by atoms with E-state index in [-0.39, 0.29) is 31.0 Å². The van der Waals surface area contributed by atoms with E-state index in [2.05, 4.69) is 17.6 Å². The molecule has 4 aromatic rings. The van der Waals surface area contributed by atoms with Gasteiger partial charge in [0.05, 0.1) is 34.7 Å². The average molecular weight is 657 g/mol. The normalized spacial score (nSPS) is 15.8. The van der Waals surface area contributed by atoms with Gasteiger partial charge >= 0.3 is 6.18 Å². The molecule has 1 aromatic heterocycles. The molecule has 3 N–H and O–H groups in total. The van der Waals surface area contributed by atoms with Crippen molar-refractivity contribution in [1.82, 2.24) is 15.2 Å². The summed E-state index contributed by atoms with van der Waals surface area (Å²) in [5.41, 5.74) is 3.07. The molecule has 0 spiro atoms. The molecule has 1 aliphatic rings. The predicted octanol–water partition coefficient (Wildman–Crippen LogP) is 5.27. The molecule has 0 unspecified atom stereocenters. The van der Waals surface area contributed by atoms with E-state index in [0.717, 1.165) is 47.0 Å². The number of carbonyl (C=O) groups is 1. The number of amides is 1. The largest absolute Gasteiger partial charge is 0.416 e. The Bertz CT molecular complexity index is 1790. The van der Waals surface area contributed by atoms with Crippen LogP contribution in [0.4, 0.5) is 18.9 Å². The smallest absolute Gasteiger partial charge is 0.390 e. The van der Waals surface area contributed by atoms with Crippen LogP contribution in [-0.2, 0) is 42.1 Å². The van der Waals surface area contributed by atoms with Crippen LogP contribution in [0.3, 0.4) is 0 Å².